The molecule has 0 saturated carbocycles. The van der Waals surface area contributed by atoms with Gasteiger partial charge in [-0.2, -0.15) is 0 Å². The Morgan fingerprint density at radius 1 is 1.33 bits per heavy atom. The van der Waals surface area contributed by atoms with E-state index in [-0.39, 0.29) is 5.91 Å². The second kappa shape index (κ2) is 7.42. The van der Waals surface area contributed by atoms with Gasteiger partial charge in [-0.25, -0.2) is 0 Å². The molecule has 112 valence electrons. The predicted octanol–water partition coefficient (Wildman–Crippen LogP) is 5.62. The molecular formula is C15H15Br2NO2S. The minimum Gasteiger partial charge on any atom is -0.491 e. The first-order valence-corrected chi connectivity index (χ1v) is 8.91. The fourth-order valence-electron chi connectivity index (χ4n) is 1.71. The van der Waals surface area contributed by atoms with E-state index in [2.05, 4.69) is 44.1 Å². The SMILES string of the molecule is CCCOc1cc(C)ccc1NC(=O)c1cc(Br)c(Br)s1. The number of aryl methyl sites for hydroxylation is 1. The fourth-order valence-corrected chi connectivity index (χ4v) is 3.64. The number of amides is 1. The molecule has 0 saturated heterocycles. The summed E-state index contributed by atoms with van der Waals surface area (Å²) in [5, 5.41) is 2.91. The van der Waals surface area contributed by atoms with Crippen molar-refractivity contribution in [3.05, 3.63) is 43.0 Å². The fraction of sp³-hybridized carbons (Fsp3) is 0.267. The van der Waals surface area contributed by atoms with Crippen LogP contribution in [0.4, 0.5) is 5.69 Å². The molecule has 0 spiro atoms. The third-order valence-electron chi connectivity index (χ3n) is 2.72. The van der Waals surface area contributed by atoms with Gasteiger partial charge in [0.05, 0.1) is 21.0 Å². The Kier molecular flexibility index (Phi) is 5.84. The lowest BCUT2D eigenvalue weighted by Gasteiger charge is -2.12. The molecule has 0 bridgehead atoms. The van der Waals surface area contributed by atoms with Gasteiger partial charge in [-0.15, -0.1) is 11.3 Å². The van der Waals surface area contributed by atoms with Crippen molar-refractivity contribution < 1.29 is 9.53 Å². The molecule has 0 aliphatic carbocycles. The van der Waals surface area contributed by atoms with Crippen molar-refractivity contribution in [3.8, 4) is 5.75 Å². The van der Waals surface area contributed by atoms with Gasteiger partial charge < -0.3 is 10.1 Å². The number of hydrogen-bond acceptors (Lipinski definition) is 3. The van der Waals surface area contributed by atoms with Crippen molar-refractivity contribution in [1.29, 1.82) is 0 Å². The lowest BCUT2D eigenvalue weighted by atomic mass is 10.2. The van der Waals surface area contributed by atoms with E-state index < -0.39 is 0 Å². The molecule has 2 rings (SSSR count). The highest BCUT2D eigenvalue weighted by Crippen LogP contribution is 2.33. The van der Waals surface area contributed by atoms with Gasteiger partial charge in [0.2, 0.25) is 0 Å². The van der Waals surface area contributed by atoms with Crippen LogP contribution in [0.5, 0.6) is 5.75 Å². The second-order valence-electron chi connectivity index (χ2n) is 4.53. The van der Waals surface area contributed by atoms with E-state index in [9.17, 15) is 4.79 Å². The summed E-state index contributed by atoms with van der Waals surface area (Å²) in [6.45, 7) is 4.68. The van der Waals surface area contributed by atoms with Gasteiger partial charge in [0, 0.05) is 4.47 Å². The molecule has 0 aliphatic rings. The molecule has 1 amide bonds. The monoisotopic (exact) mass is 431 g/mol. The van der Waals surface area contributed by atoms with E-state index in [1.165, 1.54) is 11.3 Å². The summed E-state index contributed by atoms with van der Waals surface area (Å²) in [6, 6.07) is 7.56. The molecule has 3 nitrogen and oxygen atoms in total. The van der Waals surface area contributed by atoms with Crippen LogP contribution in [0.2, 0.25) is 0 Å². The van der Waals surface area contributed by atoms with Gasteiger partial charge in [0.15, 0.2) is 0 Å². The third-order valence-corrected chi connectivity index (χ3v) is 5.97. The quantitative estimate of drug-likeness (QED) is 0.665. The first-order valence-electron chi connectivity index (χ1n) is 6.51. The Bertz CT molecular complexity index is 636. The summed E-state index contributed by atoms with van der Waals surface area (Å²) in [7, 11) is 0. The number of halogens is 2. The van der Waals surface area contributed by atoms with E-state index in [1.807, 2.05) is 25.1 Å². The third kappa shape index (κ3) is 4.31. The van der Waals surface area contributed by atoms with Gasteiger partial charge in [-0.05, 0) is 69.0 Å². The summed E-state index contributed by atoms with van der Waals surface area (Å²) in [5.41, 5.74) is 1.79. The van der Waals surface area contributed by atoms with Crippen LogP contribution in [0, 0.1) is 6.92 Å². The summed E-state index contributed by atoms with van der Waals surface area (Å²) in [6.07, 6.45) is 0.923. The Balaban J connectivity index is 2.20. The maximum Gasteiger partial charge on any atom is 0.265 e. The Morgan fingerprint density at radius 2 is 2.10 bits per heavy atom. The smallest absolute Gasteiger partial charge is 0.265 e. The average Bonchev–Trinajstić information content (AvgIpc) is 2.79. The number of thiophene rings is 1. The molecule has 1 aromatic carbocycles. The molecule has 6 heteroatoms. The van der Waals surface area contributed by atoms with Crippen LogP contribution in [0.15, 0.2) is 32.5 Å². The molecule has 0 radical (unpaired) electrons. The van der Waals surface area contributed by atoms with E-state index in [0.717, 1.165) is 20.2 Å². The first-order chi connectivity index (χ1) is 10.0. The Labute approximate surface area is 145 Å². The summed E-state index contributed by atoms with van der Waals surface area (Å²) in [4.78, 5) is 12.9. The minimum atomic E-state index is -0.142. The highest BCUT2D eigenvalue weighted by molar-refractivity contribution is 9.13. The summed E-state index contributed by atoms with van der Waals surface area (Å²) < 4.78 is 7.48. The van der Waals surface area contributed by atoms with Gasteiger partial charge >= 0.3 is 0 Å². The minimum absolute atomic E-state index is 0.142. The van der Waals surface area contributed by atoms with Crippen LogP contribution in [0.1, 0.15) is 28.6 Å². The van der Waals surface area contributed by atoms with E-state index >= 15 is 0 Å². The number of carbonyl (C=O) groups is 1. The standard InChI is InChI=1S/C15H15Br2NO2S/c1-3-6-20-12-7-9(2)4-5-11(12)18-15(19)13-8-10(16)14(17)21-13/h4-5,7-8H,3,6H2,1-2H3,(H,18,19). The van der Waals surface area contributed by atoms with Crippen molar-refractivity contribution in [2.24, 2.45) is 0 Å². The predicted molar refractivity (Wildman–Crippen MR) is 94.6 cm³/mol. The van der Waals surface area contributed by atoms with Crippen LogP contribution in [0.25, 0.3) is 0 Å². The van der Waals surface area contributed by atoms with E-state index in [0.29, 0.717) is 22.9 Å². The van der Waals surface area contributed by atoms with Crippen molar-refractivity contribution in [3.63, 3.8) is 0 Å². The van der Waals surface area contributed by atoms with Gasteiger partial charge in [-0.3, -0.25) is 4.79 Å². The zero-order valence-corrected chi connectivity index (χ0v) is 15.7. The van der Waals surface area contributed by atoms with Crippen LogP contribution >= 0.6 is 43.2 Å². The van der Waals surface area contributed by atoms with Crippen LogP contribution < -0.4 is 10.1 Å². The maximum atomic E-state index is 12.3. The van der Waals surface area contributed by atoms with Gasteiger partial charge in [0.1, 0.15) is 5.75 Å². The molecular weight excluding hydrogens is 418 g/mol. The number of anilines is 1. The van der Waals surface area contributed by atoms with Crippen molar-refractivity contribution in [2.45, 2.75) is 20.3 Å². The topological polar surface area (TPSA) is 38.3 Å². The normalized spacial score (nSPS) is 10.5. The van der Waals surface area contributed by atoms with E-state index in [1.54, 1.807) is 6.07 Å². The summed E-state index contributed by atoms with van der Waals surface area (Å²) >= 11 is 8.17. The number of rotatable bonds is 5. The highest BCUT2D eigenvalue weighted by atomic mass is 79.9. The average molecular weight is 433 g/mol. The molecule has 1 heterocycles. The van der Waals surface area contributed by atoms with Gasteiger partial charge in [0.25, 0.3) is 5.91 Å². The number of benzene rings is 1. The number of carbonyl (C=O) groups excluding carboxylic acids is 1. The highest BCUT2D eigenvalue weighted by Gasteiger charge is 2.14. The molecule has 0 fully saturated rings. The van der Waals surface area contributed by atoms with Crippen LogP contribution in [-0.2, 0) is 0 Å². The molecule has 21 heavy (non-hydrogen) atoms. The number of hydrogen-bond donors (Lipinski definition) is 1. The zero-order chi connectivity index (χ0) is 15.4. The Morgan fingerprint density at radius 3 is 2.71 bits per heavy atom. The summed E-state index contributed by atoms with van der Waals surface area (Å²) in [5.74, 6) is 0.566. The zero-order valence-electron chi connectivity index (χ0n) is 11.7. The van der Waals surface area contributed by atoms with Crippen LogP contribution in [0.3, 0.4) is 0 Å². The van der Waals surface area contributed by atoms with E-state index in [4.69, 9.17) is 4.74 Å². The van der Waals surface area contributed by atoms with Crippen LogP contribution in [-0.4, -0.2) is 12.5 Å². The van der Waals surface area contributed by atoms with Gasteiger partial charge in [-0.1, -0.05) is 13.0 Å². The molecule has 1 N–H and O–H groups in total. The Hall–Kier alpha value is -0.850. The lowest BCUT2D eigenvalue weighted by Crippen LogP contribution is -2.11. The molecule has 0 atom stereocenters. The first kappa shape index (κ1) is 16.5. The molecule has 1 aromatic heterocycles. The maximum absolute atomic E-state index is 12.3. The largest absolute Gasteiger partial charge is 0.491 e. The van der Waals surface area contributed by atoms with Crippen molar-refractivity contribution >= 4 is 54.8 Å². The lowest BCUT2D eigenvalue weighted by molar-refractivity contribution is 0.103. The van der Waals surface area contributed by atoms with Crippen molar-refractivity contribution in [2.75, 3.05) is 11.9 Å². The molecule has 2 aromatic rings. The molecule has 0 aliphatic heterocycles. The van der Waals surface area contributed by atoms with Crippen molar-refractivity contribution in [1.82, 2.24) is 0 Å². The molecule has 0 unspecified atom stereocenters. The second-order valence-corrected chi connectivity index (χ2v) is 7.76. The number of ether oxygens (including phenoxy) is 1. The number of nitrogens with one attached hydrogen (secondary N) is 1.